The van der Waals surface area contributed by atoms with Gasteiger partial charge in [-0.3, -0.25) is 4.79 Å². The van der Waals surface area contributed by atoms with E-state index in [4.69, 9.17) is 9.47 Å². The van der Waals surface area contributed by atoms with Crippen LogP contribution >= 0.6 is 0 Å². The van der Waals surface area contributed by atoms with Crippen molar-refractivity contribution in [3.8, 4) is 0 Å². The summed E-state index contributed by atoms with van der Waals surface area (Å²) < 4.78 is 10.6. The highest BCUT2D eigenvalue weighted by atomic mass is 16.7. The summed E-state index contributed by atoms with van der Waals surface area (Å²) in [7, 11) is 0. The van der Waals surface area contributed by atoms with E-state index in [2.05, 4.69) is 6.92 Å². The molecule has 1 fully saturated rings. The molecule has 88 valence electrons. The molecule has 0 radical (unpaired) electrons. The van der Waals surface area contributed by atoms with Crippen LogP contribution in [0, 0.1) is 0 Å². The SMILES string of the molecule is CCCCCC(=O)CCCC1OCCO1. The zero-order chi connectivity index (χ0) is 10.9. The molecular formula is C12H22O3. The maximum atomic E-state index is 11.4. The van der Waals surface area contributed by atoms with Gasteiger partial charge in [-0.2, -0.15) is 0 Å². The summed E-state index contributed by atoms with van der Waals surface area (Å²) in [6, 6.07) is 0. The van der Waals surface area contributed by atoms with E-state index in [1.54, 1.807) is 0 Å². The van der Waals surface area contributed by atoms with Gasteiger partial charge < -0.3 is 9.47 Å². The van der Waals surface area contributed by atoms with E-state index in [0.717, 1.165) is 25.7 Å². The molecule has 3 nitrogen and oxygen atoms in total. The third-order valence-corrected chi connectivity index (χ3v) is 2.65. The maximum absolute atomic E-state index is 11.4. The number of carbonyl (C=O) groups is 1. The Bertz CT molecular complexity index is 174. The molecule has 0 saturated carbocycles. The first-order chi connectivity index (χ1) is 7.33. The summed E-state index contributed by atoms with van der Waals surface area (Å²) in [5, 5.41) is 0. The normalized spacial score (nSPS) is 17.1. The number of ether oxygens (including phenoxy) is 2. The molecule has 0 amide bonds. The van der Waals surface area contributed by atoms with E-state index >= 15 is 0 Å². The molecule has 0 aromatic rings. The molecule has 1 aliphatic heterocycles. The average molecular weight is 214 g/mol. The van der Waals surface area contributed by atoms with Gasteiger partial charge in [0.15, 0.2) is 6.29 Å². The summed E-state index contributed by atoms with van der Waals surface area (Å²) in [6.07, 6.45) is 6.54. The largest absolute Gasteiger partial charge is 0.350 e. The number of rotatable bonds is 8. The number of hydrogen-bond acceptors (Lipinski definition) is 3. The fourth-order valence-corrected chi connectivity index (χ4v) is 1.74. The van der Waals surface area contributed by atoms with Crippen molar-refractivity contribution in [1.29, 1.82) is 0 Å². The Kier molecular flexibility index (Phi) is 6.60. The summed E-state index contributed by atoms with van der Waals surface area (Å²) in [5.74, 6) is 0.390. The van der Waals surface area contributed by atoms with E-state index in [-0.39, 0.29) is 6.29 Å². The Morgan fingerprint density at radius 2 is 1.80 bits per heavy atom. The highest BCUT2D eigenvalue weighted by Gasteiger charge is 2.15. The zero-order valence-electron chi connectivity index (χ0n) is 9.67. The number of hydrogen-bond donors (Lipinski definition) is 0. The highest BCUT2D eigenvalue weighted by Crippen LogP contribution is 2.12. The first-order valence-electron chi connectivity index (χ1n) is 6.08. The minimum Gasteiger partial charge on any atom is -0.350 e. The molecule has 1 rings (SSSR count). The third-order valence-electron chi connectivity index (χ3n) is 2.65. The van der Waals surface area contributed by atoms with Crippen LogP contribution in [0.1, 0.15) is 51.9 Å². The summed E-state index contributed by atoms with van der Waals surface area (Å²) in [6.45, 7) is 3.56. The quantitative estimate of drug-likeness (QED) is 0.583. The van der Waals surface area contributed by atoms with Crippen LogP contribution in [0.5, 0.6) is 0 Å². The van der Waals surface area contributed by atoms with E-state index in [1.165, 1.54) is 12.8 Å². The van der Waals surface area contributed by atoms with Gasteiger partial charge in [0.1, 0.15) is 5.78 Å². The van der Waals surface area contributed by atoms with Crippen LogP contribution in [-0.4, -0.2) is 25.3 Å². The second kappa shape index (κ2) is 7.83. The monoisotopic (exact) mass is 214 g/mol. The Hall–Kier alpha value is -0.410. The van der Waals surface area contributed by atoms with Crippen molar-refractivity contribution < 1.29 is 14.3 Å². The molecule has 15 heavy (non-hydrogen) atoms. The van der Waals surface area contributed by atoms with E-state index in [1.807, 2.05) is 0 Å². The summed E-state index contributed by atoms with van der Waals surface area (Å²) in [4.78, 5) is 11.4. The van der Waals surface area contributed by atoms with Crippen LogP contribution < -0.4 is 0 Å². The molecule has 0 unspecified atom stereocenters. The summed E-state index contributed by atoms with van der Waals surface area (Å²) in [5.41, 5.74) is 0. The van der Waals surface area contributed by atoms with Gasteiger partial charge in [0.05, 0.1) is 13.2 Å². The first-order valence-corrected chi connectivity index (χ1v) is 6.08. The lowest BCUT2D eigenvalue weighted by Crippen LogP contribution is -2.08. The Morgan fingerprint density at radius 1 is 1.13 bits per heavy atom. The molecule has 1 saturated heterocycles. The standard InChI is InChI=1S/C12H22O3/c1-2-3-4-6-11(13)7-5-8-12-14-9-10-15-12/h12H,2-10H2,1H3. The molecule has 0 aliphatic carbocycles. The van der Waals surface area contributed by atoms with Crippen LogP contribution in [0.15, 0.2) is 0 Å². The molecule has 0 N–H and O–H groups in total. The molecule has 0 aromatic carbocycles. The number of Topliss-reactive ketones (excluding diaryl/α,β-unsaturated/α-hetero) is 1. The number of unbranched alkanes of at least 4 members (excludes halogenated alkanes) is 2. The fraction of sp³-hybridized carbons (Fsp3) is 0.917. The first kappa shape index (κ1) is 12.7. The van der Waals surface area contributed by atoms with E-state index in [9.17, 15) is 4.79 Å². The Balaban J connectivity index is 1.91. The Labute approximate surface area is 92.1 Å². The van der Waals surface area contributed by atoms with Gasteiger partial charge in [-0.1, -0.05) is 19.8 Å². The van der Waals surface area contributed by atoms with Gasteiger partial charge in [0.2, 0.25) is 0 Å². The third kappa shape index (κ3) is 5.90. The zero-order valence-corrected chi connectivity index (χ0v) is 9.67. The summed E-state index contributed by atoms with van der Waals surface area (Å²) >= 11 is 0. The van der Waals surface area contributed by atoms with Crippen molar-refractivity contribution in [2.75, 3.05) is 13.2 Å². The molecule has 0 spiro atoms. The molecule has 1 heterocycles. The average Bonchev–Trinajstić information content (AvgIpc) is 2.71. The van der Waals surface area contributed by atoms with Crippen molar-refractivity contribution in [2.45, 2.75) is 58.2 Å². The number of carbonyl (C=O) groups excluding carboxylic acids is 1. The smallest absolute Gasteiger partial charge is 0.157 e. The van der Waals surface area contributed by atoms with Crippen molar-refractivity contribution in [3.63, 3.8) is 0 Å². The second-order valence-electron chi connectivity index (χ2n) is 4.06. The topological polar surface area (TPSA) is 35.5 Å². The van der Waals surface area contributed by atoms with Crippen molar-refractivity contribution >= 4 is 5.78 Å². The predicted molar refractivity (Wildman–Crippen MR) is 58.7 cm³/mol. The maximum Gasteiger partial charge on any atom is 0.157 e. The molecule has 1 aliphatic rings. The van der Waals surface area contributed by atoms with E-state index in [0.29, 0.717) is 25.4 Å². The molecule has 0 bridgehead atoms. The fourth-order valence-electron chi connectivity index (χ4n) is 1.74. The minimum absolute atomic E-state index is 0.0477. The van der Waals surface area contributed by atoms with Crippen LogP contribution in [0.2, 0.25) is 0 Å². The molecule has 3 heteroatoms. The van der Waals surface area contributed by atoms with Gasteiger partial charge in [0.25, 0.3) is 0 Å². The minimum atomic E-state index is -0.0477. The van der Waals surface area contributed by atoms with Crippen molar-refractivity contribution in [1.82, 2.24) is 0 Å². The van der Waals surface area contributed by atoms with Crippen LogP contribution in [0.3, 0.4) is 0 Å². The van der Waals surface area contributed by atoms with Crippen LogP contribution in [-0.2, 0) is 14.3 Å². The lowest BCUT2D eigenvalue weighted by atomic mass is 10.1. The molecule has 0 aromatic heterocycles. The van der Waals surface area contributed by atoms with Crippen LogP contribution in [0.25, 0.3) is 0 Å². The predicted octanol–water partition coefficient (Wildman–Crippen LogP) is 2.68. The second-order valence-corrected chi connectivity index (χ2v) is 4.06. The van der Waals surface area contributed by atoms with Gasteiger partial charge >= 0.3 is 0 Å². The Morgan fingerprint density at radius 3 is 2.47 bits per heavy atom. The van der Waals surface area contributed by atoms with Crippen molar-refractivity contribution in [2.24, 2.45) is 0 Å². The lowest BCUT2D eigenvalue weighted by molar-refractivity contribution is -0.119. The molecular weight excluding hydrogens is 192 g/mol. The number of ketones is 1. The van der Waals surface area contributed by atoms with Gasteiger partial charge in [-0.25, -0.2) is 0 Å². The van der Waals surface area contributed by atoms with Gasteiger partial charge in [-0.05, 0) is 19.3 Å². The lowest BCUT2D eigenvalue weighted by Gasteiger charge is -2.07. The van der Waals surface area contributed by atoms with Crippen molar-refractivity contribution in [3.05, 3.63) is 0 Å². The highest BCUT2D eigenvalue weighted by molar-refractivity contribution is 5.78. The molecule has 0 atom stereocenters. The van der Waals surface area contributed by atoms with Gasteiger partial charge in [-0.15, -0.1) is 0 Å². The van der Waals surface area contributed by atoms with Gasteiger partial charge in [0, 0.05) is 12.8 Å². The van der Waals surface area contributed by atoms with E-state index < -0.39 is 0 Å². The van der Waals surface area contributed by atoms with Crippen LogP contribution in [0.4, 0.5) is 0 Å².